The number of amides is 1. The molecule has 1 atom stereocenters. The summed E-state index contributed by atoms with van der Waals surface area (Å²) in [6.07, 6.45) is 2.57. The molecule has 1 amide bonds. The topological polar surface area (TPSA) is 47.6 Å². The summed E-state index contributed by atoms with van der Waals surface area (Å²) < 4.78 is 10.9. The number of aryl methyl sites for hydroxylation is 1. The molecule has 1 aliphatic carbocycles. The zero-order chi connectivity index (χ0) is 18.1. The van der Waals surface area contributed by atoms with Crippen molar-refractivity contribution in [2.45, 2.75) is 38.8 Å². The number of nitrogens with one attached hydrogen (secondary N) is 1. The first-order chi connectivity index (χ1) is 12.6. The number of hydrogen-bond acceptors (Lipinski definition) is 3. The fraction of sp³-hybridized carbons (Fsp3) is 0.381. The van der Waals surface area contributed by atoms with Crippen molar-refractivity contribution in [3.8, 4) is 5.75 Å². The zero-order valence-electron chi connectivity index (χ0n) is 14.8. The van der Waals surface area contributed by atoms with Crippen LogP contribution in [0.5, 0.6) is 5.75 Å². The number of halogens is 1. The van der Waals surface area contributed by atoms with E-state index in [1.807, 2.05) is 12.1 Å². The number of hydrogen-bond donors (Lipinski definition) is 1. The van der Waals surface area contributed by atoms with E-state index in [0.717, 1.165) is 29.7 Å². The van der Waals surface area contributed by atoms with Gasteiger partial charge in [0, 0.05) is 16.1 Å². The molecule has 0 aromatic heterocycles. The molecule has 0 bridgehead atoms. The van der Waals surface area contributed by atoms with E-state index in [0.29, 0.717) is 17.5 Å². The van der Waals surface area contributed by atoms with Gasteiger partial charge in [-0.15, -0.1) is 0 Å². The van der Waals surface area contributed by atoms with Gasteiger partial charge in [0.2, 0.25) is 5.91 Å². The van der Waals surface area contributed by atoms with Crippen LogP contribution in [0.25, 0.3) is 0 Å². The Labute approximate surface area is 158 Å². The highest BCUT2D eigenvalue weighted by Gasteiger charge is 2.33. The van der Waals surface area contributed by atoms with E-state index in [4.69, 9.17) is 21.1 Å². The van der Waals surface area contributed by atoms with Crippen LogP contribution in [0.15, 0.2) is 36.4 Å². The number of benzene rings is 2. The average molecular weight is 372 g/mol. The molecule has 0 spiro atoms. The van der Waals surface area contributed by atoms with Gasteiger partial charge < -0.3 is 14.8 Å². The normalized spacial score (nSPS) is 17.2. The van der Waals surface area contributed by atoms with Crippen molar-refractivity contribution >= 4 is 17.5 Å². The second-order valence-corrected chi connectivity index (χ2v) is 7.57. The molecule has 2 aromatic carbocycles. The smallest absolute Gasteiger partial charge is 0.225 e. The minimum atomic E-state index is -0.0120. The summed E-state index contributed by atoms with van der Waals surface area (Å²) in [5.41, 5.74) is 4.10. The summed E-state index contributed by atoms with van der Waals surface area (Å²) in [4.78, 5) is 12.8. The molecule has 4 nitrogen and oxygen atoms in total. The molecular formula is C21H22ClNO3. The van der Waals surface area contributed by atoms with Crippen LogP contribution in [0, 0.1) is 12.8 Å². The highest BCUT2D eigenvalue weighted by atomic mass is 35.5. The Morgan fingerprint density at radius 2 is 2.04 bits per heavy atom. The van der Waals surface area contributed by atoms with Gasteiger partial charge >= 0.3 is 0 Å². The largest absolute Gasteiger partial charge is 0.467 e. The van der Waals surface area contributed by atoms with Gasteiger partial charge in [0.1, 0.15) is 5.75 Å². The Hall–Kier alpha value is -2.04. The fourth-order valence-electron chi connectivity index (χ4n) is 3.46. The summed E-state index contributed by atoms with van der Waals surface area (Å²) in [6, 6.07) is 12.1. The molecule has 0 saturated heterocycles. The van der Waals surface area contributed by atoms with Gasteiger partial charge in [0.15, 0.2) is 6.79 Å². The maximum atomic E-state index is 12.8. The maximum Gasteiger partial charge on any atom is 0.225 e. The molecular weight excluding hydrogens is 350 g/mol. The zero-order valence-corrected chi connectivity index (χ0v) is 15.5. The van der Waals surface area contributed by atoms with Gasteiger partial charge in [-0.25, -0.2) is 0 Å². The number of rotatable bonds is 5. The molecule has 1 saturated carbocycles. The van der Waals surface area contributed by atoms with Crippen molar-refractivity contribution in [2.24, 2.45) is 5.92 Å². The summed E-state index contributed by atoms with van der Waals surface area (Å²) in [6.45, 7) is 2.73. The first-order valence-corrected chi connectivity index (χ1v) is 9.36. The summed E-state index contributed by atoms with van der Waals surface area (Å²) in [5.74, 6) is 1.25. The highest BCUT2D eigenvalue weighted by Crippen LogP contribution is 2.41. The van der Waals surface area contributed by atoms with E-state index in [1.165, 1.54) is 11.1 Å². The monoisotopic (exact) mass is 371 g/mol. The van der Waals surface area contributed by atoms with E-state index in [2.05, 4.69) is 36.5 Å². The van der Waals surface area contributed by atoms with Crippen LogP contribution in [0.3, 0.4) is 0 Å². The summed E-state index contributed by atoms with van der Waals surface area (Å²) in [5, 5.41) is 3.82. The Bertz CT molecular complexity index is 815. The molecule has 1 N–H and O–H groups in total. The predicted octanol–water partition coefficient (Wildman–Crippen LogP) is 4.32. The molecule has 1 fully saturated rings. The molecule has 1 heterocycles. The van der Waals surface area contributed by atoms with Crippen molar-refractivity contribution in [3.05, 3.63) is 63.7 Å². The van der Waals surface area contributed by atoms with Crippen LogP contribution in [0.1, 0.15) is 41.1 Å². The SMILES string of the molecule is Cc1ccc([C@H](NC(=O)Cc2cc(Cl)cc3c2OCOC3)C2CC2)cc1. The Kier molecular flexibility index (Phi) is 4.88. The van der Waals surface area contributed by atoms with Crippen molar-refractivity contribution in [1.82, 2.24) is 5.32 Å². The minimum absolute atomic E-state index is 0.0120. The molecule has 1 aliphatic heterocycles. The van der Waals surface area contributed by atoms with Gasteiger partial charge in [-0.2, -0.15) is 0 Å². The Morgan fingerprint density at radius 3 is 2.77 bits per heavy atom. The lowest BCUT2D eigenvalue weighted by molar-refractivity contribution is -0.121. The van der Waals surface area contributed by atoms with E-state index in [9.17, 15) is 4.79 Å². The van der Waals surface area contributed by atoms with Gasteiger partial charge in [-0.3, -0.25) is 4.79 Å². The maximum absolute atomic E-state index is 12.8. The van der Waals surface area contributed by atoms with Gasteiger partial charge in [-0.05, 0) is 43.4 Å². The molecule has 4 rings (SSSR count). The van der Waals surface area contributed by atoms with Crippen molar-refractivity contribution in [2.75, 3.05) is 6.79 Å². The number of carbonyl (C=O) groups excluding carboxylic acids is 1. The van der Waals surface area contributed by atoms with Crippen LogP contribution < -0.4 is 10.1 Å². The van der Waals surface area contributed by atoms with Crippen molar-refractivity contribution in [3.63, 3.8) is 0 Å². The molecule has 2 aromatic rings. The van der Waals surface area contributed by atoms with Crippen LogP contribution in [-0.4, -0.2) is 12.7 Å². The number of ether oxygens (including phenoxy) is 2. The van der Waals surface area contributed by atoms with Crippen molar-refractivity contribution < 1.29 is 14.3 Å². The lowest BCUT2D eigenvalue weighted by atomic mass is 10.00. The first-order valence-electron chi connectivity index (χ1n) is 8.98. The van der Waals surface area contributed by atoms with Crippen LogP contribution in [-0.2, 0) is 22.6 Å². The third kappa shape index (κ3) is 3.87. The Balaban J connectivity index is 1.51. The van der Waals surface area contributed by atoms with Crippen molar-refractivity contribution in [1.29, 1.82) is 0 Å². The van der Waals surface area contributed by atoms with E-state index >= 15 is 0 Å². The highest BCUT2D eigenvalue weighted by molar-refractivity contribution is 6.30. The number of fused-ring (bicyclic) bond motifs is 1. The van der Waals surface area contributed by atoms with Gasteiger partial charge in [0.05, 0.1) is 19.1 Å². The lowest BCUT2D eigenvalue weighted by Gasteiger charge is -2.22. The van der Waals surface area contributed by atoms with Gasteiger partial charge in [0.25, 0.3) is 0 Å². The summed E-state index contributed by atoms with van der Waals surface area (Å²) >= 11 is 6.20. The molecule has 2 aliphatic rings. The van der Waals surface area contributed by atoms with E-state index in [1.54, 1.807) is 0 Å². The fourth-order valence-corrected chi connectivity index (χ4v) is 3.73. The van der Waals surface area contributed by atoms with E-state index < -0.39 is 0 Å². The quantitative estimate of drug-likeness (QED) is 0.851. The minimum Gasteiger partial charge on any atom is -0.467 e. The van der Waals surface area contributed by atoms with Crippen LogP contribution in [0.4, 0.5) is 0 Å². The Morgan fingerprint density at radius 1 is 1.27 bits per heavy atom. The van der Waals surface area contributed by atoms with E-state index in [-0.39, 0.29) is 25.2 Å². The van der Waals surface area contributed by atoms with Gasteiger partial charge in [-0.1, -0.05) is 41.4 Å². The number of carbonyl (C=O) groups is 1. The second kappa shape index (κ2) is 7.29. The predicted molar refractivity (Wildman–Crippen MR) is 100 cm³/mol. The third-order valence-corrected chi connectivity index (χ3v) is 5.17. The summed E-state index contributed by atoms with van der Waals surface area (Å²) in [7, 11) is 0. The molecule has 0 radical (unpaired) electrons. The first kappa shape index (κ1) is 17.4. The molecule has 5 heteroatoms. The average Bonchev–Trinajstić information content (AvgIpc) is 3.45. The molecule has 0 unspecified atom stereocenters. The standard InChI is InChI=1S/C21H22ClNO3/c1-13-2-4-14(5-3-13)20(15-6-7-15)23-19(24)10-16-8-18(22)9-17-11-25-12-26-21(16)17/h2-5,8-9,15,20H,6-7,10-12H2,1H3,(H,23,24)/t20-/m0/s1. The third-order valence-electron chi connectivity index (χ3n) is 4.95. The molecule has 26 heavy (non-hydrogen) atoms. The second-order valence-electron chi connectivity index (χ2n) is 7.13. The van der Waals surface area contributed by atoms with Crippen LogP contribution in [0.2, 0.25) is 5.02 Å². The van der Waals surface area contributed by atoms with Crippen LogP contribution >= 0.6 is 11.6 Å². The molecule has 136 valence electrons. The lowest BCUT2D eigenvalue weighted by Crippen LogP contribution is -2.31.